The molecule has 0 amide bonds. The predicted octanol–water partition coefficient (Wildman–Crippen LogP) is -1.78. The van der Waals surface area contributed by atoms with Gasteiger partial charge in [-0.25, -0.2) is 0 Å². The summed E-state index contributed by atoms with van der Waals surface area (Å²) in [7, 11) is 0. The van der Waals surface area contributed by atoms with Crippen LogP contribution in [0.2, 0.25) is 0 Å². The number of hydrogen-bond donors (Lipinski definition) is 0. The SMILES string of the molecule is [AlH3].[O]=[Ta](=[O])(=[O])(=[O])=[O]. The van der Waals surface area contributed by atoms with Crippen LogP contribution in [0.5, 0.6) is 0 Å². The fourth-order valence-electron chi connectivity index (χ4n) is 0. The van der Waals surface area contributed by atoms with Crippen LogP contribution in [0.25, 0.3) is 0 Å². The molecule has 0 spiro atoms. The van der Waals surface area contributed by atoms with Crippen molar-refractivity contribution in [2.45, 2.75) is 0 Å². The Bertz CT molecular complexity index is 278. The van der Waals surface area contributed by atoms with Gasteiger partial charge < -0.3 is 0 Å². The van der Waals surface area contributed by atoms with Gasteiger partial charge in [0.05, 0.1) is 0 Å². The molecule has 0 saturated heterocycles. The van der Waals surface area contributed by atoms with E-state index < -0.39 is 15.7 Å². The molecule has 0 aliphatic heterocycles. The molecule has 0 fully saturated rings. The van der Waals surface area contributed by atoms with Crippen molar-refractivity contribution in [2.75, 3.05) is 0 Å². The van der Waals surface area contributed by atoms with Gasteiger partial charge in [0.25, 0.3) is 0 Å². The second-order valence-electron chi connectivity index (χ2n) is 0.745. The molecule has 7 heteroatoms. The zero-order valence-electron chi connectivity index (χ0n) is 2.49. The standard InChI is InChI=1S/Al.5O.Ta.3H. The molecule has 0 saturated carbocycles. The van der Waals surface area contributed by atoms with Gasteiger partial charge in [-0.1, -0.05) is 0 Å². The van der Waals surface area contributed by atoms with Crippen LogP contribution in [0.15, 0.2) is 0 Å². The molecule has 0 heterocycles. The second-order valence-corrected chi connectivity index (χ2v) is 6.10. The molecule has 0 atom stereocenters. The molecule has 7 heavy (non-hydrogen) atoms. The topological polar surface area (TPSA) is 85.3 Å². The molecule has 0 aromatic rings. The zero-order valence-corrected chi connectivity index (χ0v) is 5.70. The van der Waals surface area contributed by atoms with E-state index in [1.165, 1.54) is 0 Å². The fraction of sp³-hybridized carbons (Fsp3) is 0. The molecule has 0 bridgehead atoms. The Hall–Kier alpha value is 0.273. The minimum absolute atomic E-state index is 0. The predicted molar refractivity (Wildman–Crippen MR) is 13.4 cm³/mol. The first-order valence-corrected chi connectivity index (χ1v) is 7.47. The van der Waals surface area contributed by atoms with Crippen molar-refractivity contribution in [3.05, 3.63) is 0 Å². The van der Waals surface area contributed by atoms with Gasteiger partial charge in [-0.15, -0.1) is 0 Å². The van der Waals surface area contributed by atoms with Gasteiger partial charge in [0.2, 0.25) is 0 Å². The van der Waals surface area contributed by atoms with Crippen molar-refractivity contribution in [1.29, 1.82) is 0 Å². The molecule has 0 aromatic heterocycles. The molecule has 5 nitrogen and oxygen atoms in total. The minimum atomic E-state index is -8.05. The van der Waals surface area contributed by atoms with Crippen molar-refractivity contribution < 1.29 is 31.9 Å². The summed E-state index contributed by atoms with van der Waals surface area (Å²) in [4.78, 5) is 0. The van der Waals surface area contributed by atoms with Gasteiger partial charge in [0, 0.05) is 0 Å². The van der Waals surface area contributed by atoms with E-state index in [2.05, 4.69) is 0 Å². The number of rotatable bonds is 0. The Labute approximate surface area is 49.5 Å². The van der Waals surface area contributed by atoms with Crippen molar-refractivity contribution in [3.8, 4) is 0 Å². The van der Waals surface area contributed by atoms with Crippen LogP contribution in [0.3, 0.4) is 0 Å². The zero-order chi connectivity index (χ0) is 5.45. The molecule has 0 aliphatic carbocycles. The first-order chi connectivity index (χ1) is 2.24. The first-order valence-electron chi connectivity index (χ1n) is 0.913. The van der Waals surface area contributed by atoms with Crippen LogP contribution in [0, 0.1) is 0 Å². The average molecular weight is 291 g/mol. The monoisotopic (exact) mass is 291 g/mol. The first kappa shape index (κ1) is 10.3. The van der Waals surface area contributed by atoms with E-state index in [9.17, 15) is 0 Å². The molecule has 0 aromatic carbocycles. The van der Waals surface area contributed by atoms with Crippen molar-refractivity contribution in [3.63, 3.8) is 0 Å². The third-order valence-corrected chi connectivity index (χ3v) is 0. The van der Waals surface area contributed by atoms with E-state index in [1.807, 2.05) is 0 Å². The molecule has 0 aliphatic rings. The Balaban J connectivity index is 0. The van der Waals surface area contributed by atoms with Crippen LogP contribution in [0.1, 0.15) is 0 Å². The van der Waals surface area contributed by atoms with Crippen LogP contribution >= 0.6 is 0 Å². The maximum absolute atomic E-state index is 8.67. The summed E-state index contributed by atoms with van der Waals surface area (Å²) < 4.78 is 43.4. The summed E-state index contributed by atoms with van der Waals surface area (Å²) in [5, 5.41) is 0. The third-order valence-electron chi connectivity index (χ3n) is 0. The quantitative estimate of drug-likeness (QED) is 0.493. The van der Waals surface area contributed by atoms with E-state index >= 15 is 0 Å². The van der Waals surface area contributed by atoms with Crippen LogP contribution in [0.4, 0.5) is 0 Å². The van der Waals surface area contributed by atoms with Crippen molar-refractivity contribution in [2.24, 2.45) is 0 Å². The summed E-state index contributed by atoms with van der Waals surface area (Å²) >= 11 is -8.05. The summed E-state index contributed by atoms with van der Waals surface area (Å²) in [6.07, 6.45) is 0. The molecule has 0 N–H and O–H groups in total. The average Bonchev–Trinajstić information content (AvgIpc) is 0.650. The Morgan fingerprint density at radius 2 is 0.714 bits per heavy atom. The molecule has 0 rings (SSSR count). The normalized spacial score (nSPS) is 8.57. The van der Waals surface area contributed by atoms with Crippen LogP contribution < -0.4 is 0 Å². The van der Waals surface area contributed by atoms with Crippen molar-refractivity contribution in [1.82, 2.24) is 0 Å². The second kappa shape index (κ2) is 1.65. The third kappa shape index (κ3) is 1540. The summed E-state index contributed by atoms with van der Waals surface area (Å²) in [5.41, 5.74) is 0. The Morgan fingerprint density at radius 1 is 0.714 bits per heavy atom. The van der Waals surface area contributed by atoms with Gasteiger partial charge in [-0.2, -0.15) is 0 Å². The van der Waals surface area contributed by atoms with E-state index in [0.717, 1.165) is 0 Å². The van der Waals surface area contributed by atoms with E-state index in [-0.39, 0.29) is 17.4 Å². The van der Waals surface area contributed by atoms with Crippen molar-refractivity contribution >= 4 is 17.4 Å². The summed E-state index contributed by atoms with van der Waals surface area (Å²) in [6.45, 7) is 0. The van der Waals surface area contributed by atoms with Gasteiger partial charge in [0.15, 0.2) is 17.4 Å². The van der Waals surface area contributed by atoms with E-state index in [1.54, 1.807) is 0 Å². The molecule has 41 valence electrons. The van der Waals surface area contributed by atoms with Gasteiger partial charge in [0.1, 0.15) is 0 Å². The van der Waals surface area contributed by atoms with E-state index in [0.29, 0.717) is 0 Å². The van der Waals surface area contributed by atoms with Crippen LogP contribution in [-0.2, 0) is 31.9 Å². The van der Waals surface area contributed by atoms with Gasteiger partial charge in [-0.3, -0.25) is 0 Å². The van der Waals surface area contributed by atoms with E-state index in [4.69, 9.17) is 16.3 Å². The fourth-order valence-corrected chi connectivity index (χ4v) is 0. The maximum atomic E-state index is 8.67. The Morgan fingerprint density at radius 3 is 0.714 bits per heavy atom. The molecular formula is H3AlO5Ta. The van der Waals surface area contributed by atoms with Crippen LogP contribution in [-0.4, -0.2) is 17.4 Å². The Kier molecular flexibility index (Phi) is 2.43. The number of hydrogen-bond acceptors (Lipinski definition) is 5. The van der Waals surface area contributed by atoms with Gasteiger partial charge in [-0.05, 0) is 0 Å². The van der Waals surface area contributed by atoms with Gasteiger partial charge >= 0.3 is 31.9 Å². The molecule has 0 radical (unpaired) electrons. The summed E-state index contributed by atoms with van der Waals surface area (Å²) in [5.74, 6) is 0. The summed E-state index contributed by atoms with van der Waals surface area (Å²) in [6, 6.07) is 0. The molecule has 0 unspecified atom stereocenters. The molecular weight excluding hydrogens is 288 g/mol.